The van der Waals surface area contributed by atoms with Crippen molar-refractivity contribution in [1.29, 1.82) is 0 Å². The van der Waals surface area contributed by atoms with E-state index in [4.69, 9.17) is 0 Å². The zero-order valence-corrected chi connectivity index (χ0v) is 9.76. The second-order valence-electron chi connectivity index (χ2n) is 3.84. The molecule has 3 unspecified atom stereocenters. The van der Waals surface area contributed by atoms with Gasteiger partial charge in [0.25, 0.3) is 6.17 Å². The van der Waals surface area contributed by atoms with Crippen LogP contribution in [0.5, 0.6) is 0 Å². The van der Waals surface area contributed by atoms with Gasteiger partial charge in [-0.3, -0.25) is 0 Å². The van der Waals surface area contributed by atoms with Crippen LogP contribution in [0.25, 0.3) is 0 Å². The summed E-state index contributed by atoms with van der Waals surface area (Å²) in [4.78, 5) is 0. The van der Waals surface area contributed by atoms with Crippen molar-refractivity contribution in [2.24, 2.45) is 0 Å². The molecule has 0 rings (SSSR count). The highest BCUT2D eigenvalue weighted by Crippen LogP contribution is 2.43. The van der Waals surface area contributed by atoms with Gasteiger partial charge in [-0.1, -0.05) is 0 Å². The Morgan fingerprint density at radius 1 is 0.636 bits per heavy atom. The second-order valence-corrected chi connectivity index (χ2v) is 3.84. The van der Waals surface area contributed by atoms with Crippen molar-refractivity contribution in [3.05, 3.63) is 0 Å². The van der Waals surface area contributed by atoms with Gasteiger partial charge >= 0.3 is 24.5 Å². The Kier molecular flexibility index (Phi) is 6.00. The summed E-state index contributed by atoms with van der Waals surface area (Å²) in [6.07, 6.45) is -33.1. The zero-order valence-electron chi connectivity index (χ0n) is 9.76. The molecule has 14 heteroatoms. The smallest absolute Gasteiger partial charge is 0.360 e. The van der Waals surface area contributed by atoms with Crippen LogP contribution in [0.4, 0.5) is 57.1 Å². The van der Waals surface area contributed by atoms with Crippen molar-refractivity contribution in [2.75, 3.05) is 6.61 Å². The molecule has 0 fully saturated rings. The summed E-state index contributed by atoms with van der Waals surface area (Å²) >= 11 is 0. The third-order valence-corrected chi connectivity index (χ3v) is 2.04. The van der Waals surface area contributed by atoms with Gasteiger partial charge in [-0.15, -0.1) is 0 Å². The van der Waals surface area contributed by atoms with Crippen molar-refractivity contribution >= 4 is 0 Å². The number of hydrogen-bond acceptors (Lipinski definition) is 1. The average Bonchev–Trinajstić information content (AvgIpc) is 2.23. The normalized spacial score (nSPS) is 19.0. The molecule has 0 aromatic carbocycles. The van der Waals surface area contributed by atoms with Crippen LogP contribution < -0.4 is 0 Å². The van der Waals surface area contributed by atoms with Crippen molar-refractivity contribution in [2.45, 2.75) is 42.9 Å². The van der Waals surface area contributed by atoms with Gasteiger partial charge in [0.1, 0.15) is 0 Å². The fourth-order valence-electron chi connectivity index (χ4n) is 1.05. The van der Waals surface area contributed by atoms with Gasteiger partial charge in [-0.05, 0) is 0 Å². The molecule has 22 heavy (non-hydrogen) atoms. The van der Waals surface area contributed by atoms with Gasteiger partial charge in [-0.25, -0.2) is 8.78 Å². The summed E-state index contributed by atoms with van der Waals surface area (Å²) in [5.74, 6) is -6.32. The largest absolute Gasteiger partial charge is 0.425 e. The third kappa shape index (κ3) is 5.35. The van der Waals surface area contributed by atoms with Crippen molar-refractivity contribution in [3.63, 3.8) is 0 Å². The fraction of sp³-hybridized carbons (Fsp3) is 1.00. The first kappa shape index (κ1) is 21.0. The van der Waals surface area contributed by atoms with Crippen LogP contribution >= 0.6 is 0 Å². The molecule has 134 valence electrons. The molecular weight excluding hydrogens is 359 g/mol. The maximum Gasteiger partial charge on any atom is 0.425 e. The standard InChI is InChI=1S/C8H5F13O/c9-2(6(13,14)15)1-22-4(8(19,20)21)5(11,12)3(10)7(16,17)18/h2-4H,1H2. The highest BCUT2D eigenvalue weighted by Gasteiger charge is 2.68. The molecule has 0 aromatic rings. The molecule has 0 aliphatic heterocycles. The van der Waals surface area contributed by atoms with Gasteiger partial charge in [-0.2, -0.15) is 48.3 Å². The van der Waals surface area contributed by atoms with Gasteiger partial charge in [0.15, 0.2) is 0 Å². The SMILES string of the molecule is FC(COC(C(F)(F)F)C(F)(F)C(F)C(F)(F)F)C(F)(F)F. The Morgan fingerprint density at radius 3 is 1.32 bits per heavy atom. The van der Waals surface area contributed by atoms with Crippen LogP contribution in [0, 0.1) is 0 Å². The average molecular weight is 364 g/mol. The molecule has 0 saturated carbocycles. The molecule has 0 radical (unpaired) electrons. The van der Waals surface area contributed by atoms with E-state index >= 15 is 0 Å². The van der Waals surface area contributed by atoms with E-state index in [-0.39, 0.29) is 0 Å². The maximum atomic E-state index is 12.9. The number of ether oxygens (including phenoxy) is 1. The number of rotatable bonds is 5. The first-order valence-corrected chi connectivity index (χ1v) is 4.89. The van der Waals surface area contributed by atoms with Crippen molar-refractivity contribution in [1.82, 2.24) is 0 Å². The predicted molar refractivity (Wildman–Crippen MR) is 42.6 cm³/mol. The third-order valence-electron chi connectivity index (χ3n) is 2.04. The quantitative estimate of drug-likeness (QED) is 0.659. The maximum absolute atomic E-state index is 12.9. The van der Waals surface area contributed by atoms with Crippen LogP contribution in [0.1, 0.15) is 0 Å². The summed E-state index contributed by atoms with van der Waals surface area (Å²) in [5.41, 5.74) is 0. The molecular formula is C8H5F13O. The predicted octanol–water partition coefficient (Wildman–Crippen LogP) is 4.37. The molecule has 0 aliphatic carbocycles. The van der Waals surface area contributed by atoms with Gasteiger partial charge in [0.05, 0.1) is 6.61 Å². The van der Waals surface area contributed by atoms with Gasteiger partial charge in [0.2, 0.25) is 12.3 Å². The lowest BCUT2D eigenvalue weighted by Crippen LogP contribution is -2.57. The molecule has 0 N–H and O–H groups in total. The van der Waals surface area contributed by atoms with Crippen LogP contribution in [0.15, 0.2) is 0 Å². The molecule has 0 saturated heterocycles. The van der Waals surface area contributed by atoms with Gasteiger partial charge in [0, 0.05) is 0 Å². The van der Waals surface area contributed by atoms with E-state index in [0.29, 0.717) is 0 Å². The topological polar surface area (TPSA) is 9.23 Å². The van der Waals surface area contributed by atoms with E-state index in [1.165, 1.54) is 0 Å². The van der Waals surface area contributed by atoms with Crippen LogP contribution in [-0.4, -0.2) is 49.5 Å². The van der Waals surface area contributed by atoms with Crippen molar-refractivity contribution in [3.8, 4) is 0 Å². The highest BCUT2D eigenvalue weighted by molar-refractivity contribution is 4.94. The molecule has 0 aromatic heterocycles. The summed E-state index contributed by atoms with van der Waals surface area (Å²) in [6, 6.07) is 0. The first-order valence-electron chi connectivity index (χ1n) is 4.89. The minimum atomic E-state index is -6.45. The summed E-state index contributed by atoms with van der Waals surface area (Å²) in [7, 11) is 0. The molecule has 3 atom stereocenters. The fourth-order valence-corrected chi connectivity index (χ4v) is 1.05. The Bertz CT molecular complexity index is 353. The van der Waals surface area contributed by atoms with E-state index in [1.54, 1.807) is 0 Å². The van der Waals surface area contributed by atoms with E-state index in [1.807, 2.05) is 0 Å². The number of hydrogen-bond donors (Lipinski definition) is 0. The first-order chi connectivity index (χ1) is 9.41. The number of halogens is 13. The zero-order chi connectivity index (χ0) is 18.1. The Balaban J connectivity index is 5.32. The molecule has 1 nitrogen and oxygen atoms in total. The number of alkyl halides is 13. The minimum Gasteiger partial charge on any atom is -0.360 e. The molecule has 0 spiro atoms. The lowest BCUT2D eigenvalue weighted by molar-refractivity contribution is -0.334. The van der Waals surface area contributed by atoms with Crippen LogP contribution in [-0.2, 0) is 4.74 Å². The Morgan fingerprint density at radius 2 is 1.05 bits per heavy atom. The lowest BCUT2D eigenvalue weighted by Gasteiger charge is -2.31. The van der Waals surface area contributed by atoms with E-state index < -0.39 is 49.5 Å². The Hall–Kier alpha value is -0.950. The second kappa shape index (κ2) is 6.28. The summed E-state index contributed by atoms with van der Waals surface area (Å²) in [5, 5.41) is 0. The molecule has 0 heterocycles. The molecule has 0 bridgehead atoms. The minimum absolute atomic E-state index is 2.69. The molecule has 0 amide bonds. The van der Waals surface area contributed by atoms with Crippen molar-refractivity contribution < 1.29 is 61.8 Å². The van der Waals surface area contributed by atoms with E-state index in [0.717, 1.165) is 0 Å². The molecule has 0 aliphatic rings. The lowest BCUT2D eigenvalue weighted by atomic mass is 10.1. The van der Waals surface area contributed by atoms with E-state index in [9.17, 15) is 57.1 Å². The van der Waals surface area contributed by atoms with E-state index in [2.05, 4.69) is 4.74 Å². The summed E-state index contributed by atoms with van der Waals surface area (Å²) in [6.45, 7) is -2.69. The van der Waals surface area contributed by atoms with Crippen LogP contribution in [0.2, 0.25) is 0 Å². The highest BCUT2D eigenvalue weighted by atomic mass is 19.4. The van der Waals surface area contributed by atoms with Crippen LogP contribution in [0.3, 0.4) is 0 Å². The monoisotopic (exact) mass is 364 g/mol. The van der Waals surface area contributed by atoms with Gasteiger partial charge < -0.3 is 4.74 Å². The Labute approximate surface area is 113 Å². The summed E-state index contributed by atoms with van der Waals surface area (Å²) < 4.78 is 160.